The predicted molar refractivity (Wildman–Crippen MR) is 102 cm³/mol. The summed E-state index contributed by atoms with van der Waals surface area (Å²) in [5, 5.41) is 4.04. The molecule has 0 aliphatic heterocycles. The van der Waals surface area contributed by atoms with E-state index in [4.69, 9.17) is 5.73 Å². The van der Waals surface area contributed by atoms with Crippen molar-refractivity contribution in [2.24, 2.45) is 5.73 Å². The van der Waals surface area contributed by atoms with Crippen LogP contribution in [0.4, 0.5) is 0 Å². The first-order chi connectivity index (χ1) is 11.3. The lowest BCUT2D eigenvalue weighted by atomic mass is 10.1. The quantitative estimate of drug-likeness (QED) is 0.506. The summed E-state index contributed by atoms with van der Waals surface area (Å²) in [6.45, 7) is 4.98. The predicted octanol–water partition coefficient (Wildman–Crippen LogP) is 4.24. The minimum Gasteiger partial charge on any atom is -0.330 e. The van der Waals surface area contributed by atoms with E-state index >= 15 is 0 Å². The topological polar surface area (TPSA) is 38.0 Å². The van der Waals surface area contributed by atoms with Gasteiger partial charge in [-0.05, 0) is 55.6 Å². The van der Waals surface area contributed by atoms with Gasteiger partial charge in [0, 0.05) is 16.7 Å². The lowest BCUT2D eigenvalue weighted by Crippen LogP contribution is -2.17. The third kappa shape index (κ3) is 7.21. The summed E-state index contributed by atoms with van der Waals surface area (Å²) in [6.07, 6.45) is 3.39. The number of rotatable bonds is 10. The second-order valence-electron chi connectivity index (χ2n) is 5.92. The van der Waals surface area contributed by atoms with Crippen LogP contribution < -0.4 is 11.1 Å². The summed E-state index contributed by atoms with van der Waals surface area (Å²) in [7, 11) is 0. The Kier molecular flexibility index (Phi) is 8.23. The van der Waals surface area contributed by atoms with Crippen molar-refractivity contribution in [3.05, 3.63) is 65.7 Å². The molecule has 0 heterocycles. The fourth-order valence-corrected chi connectivity index (χ4v) is 3.45. The molecule has 0 aliphatic rings. The first-order valence-electron chi connectivity index (χ1n) is 8.48. The maximum atomic E-state index is 5.49. The highest BCUT2D eigenvalue weighted by molar-refractivity contribution is 7.99. The van der Waals surface area contributed by atoms with E-state index < -0.39 is 0 Å². The zero-order valence-corrected chi connectivity index (χ0v) is 14.8. The van der Waals surface area contributed by atoms with E-state index in [0.717, 1.165) is 32.5 Å². The fourth-order valence-electron chi connectivity index (χ4n) is 2.45. The number of thioether (sulfide) groups is 1. The Morgan fingerprint density at radius 2 is 1.74 bits per heavy atom. The Bertz CT molecular complexity index is 539. The van der Waals surface area contributed by atoms with Crippen LogP contribution in [0, 0.1) is 0 Å². The summed E-state index contributed by atoms with van der Waals surface area (Å²) in [5.41, 5.74) is 8.26. The van der Waals surface area contributed by atoms with E-state index in [-0.39, 0.29) is 0 Å². The second kappa shape index (κ2) is 10.5. The molecule has 0 saturated heterocycles. The number of hydrogen-bond acceptors (Lipinski definition) is 3. The van der Waals surface area contributed by atoms with Crippen LogP contribution in [0.2, 0.25) is 0 Å². The number of benzene rings is 2. The first kappa shape index (κ1) is 18.1. The van der Waals surface area contributed by atoms with Crippen LogP contribution in [0.1, 0.15) is 30.9 Å². The van der Waals surface area contributed by atoms with Gasteiger partial charge in [0.1, 0.15) is 0 Å². The van der Waals surface area contributed by atoms with Gasteiger partial charge in [-0.2, -0.15) is 0 Å². The highest BCUT2D eigenvalue weighted by atomic mass is 32.2. The molecule has 2 aromatic rings. The standard InChI is InChI=1S/C20H28N2S/c1-17(8-9-18-6-3-2-4-7-18)23-20-12-10-19(11-13-20)16-22-15-5-14-21/h2-4,6-7,10-13,17,22H,5,8-9,14-16,21H2,1H3. The lowest BCUT2D eigenvalue weighted by molar-refractivity contribution is 0.655. The lowest BCUT2D eigenvalue weighted by Gasteiger charge is -2.12. The highest BCUT2D eigenvalue weighted by Crippen LogP contribution is 2.26. The maximum Gasteiger partial charge on any atom is 0.0205 e. The molecule has 0 spiro atoms. The average molecular weight is 329 g/mol. The van der Waals surface area contributed by atoms with Gasteiger partial charge in [0.15, 0.2) is 0 Å². The van der Waals surface area contributed by atoms with Crippen LogP contribution in [-0.4, -0.2) is 18.3 Å². The fraction of sp³-hybridized carbons (Fsp3) is 0.400. The molecule has 3 N–H and O–H groups in total. The summed E-state index contributed by atoms with van der Waals surface area (Å²) >= 11 is 1.97. The van der Waals surface area contributed by atoms with Gasteiger partial charge in [0.2, 0.25) is 0 Å². The Morgan fingerprint density at radius 3 is 2.43 bits per heavy atom. The zero-order chi connectivity index (χ0) is 16.3. The minimum absolute atomic E-state index is 0.628. The second-order valence-corrected chi connectivity index (χ2v) is 7.43. The van der Waals surface area contributed by atoms with E-state index in [1.165, 1.54) is 22.4 Å². The van der Waals surface area contributed by atoms with E-state index in [2.05, 4.69) is 66.8 Å². The number of nitrogens with one attached hydrogen (secondary N) is 1. The minimum atomic E-state index is 0.628. The Morgan fingerprint density at radius 1 is 1.00 bits per heavy atom. The molecule has 0 aliphatic carbocycles. The van der Waals surface area contributed by atoms with Crippen molar-refractivity contribution in [3.63, 3.8) is 0 Å². The van der Waals surface area contributed by atoms with E-state index in [1.54, 1.807) is 0 Å². The average Bonchev–Trinajstić information content (AvgIpc) is 2.59. The molecule has 3 heteroatoms. The SMILES string of the molecule is CC(CCc1ccccc1)Sc1ccc(CNCCCN)cc1. The molecule has 2 rings (SSSR count). The van der Waals surface area contributed by atoms with Crippen LogP contribution in [-0.2, 0) is 13.0 Å². The van der Waals surface area contributed by atoms with Crippen LogP contribution in [0.3, 0.4) is 0 Å². The van der Waals surface area contributed by atoms with Gasteiger partial charge >= 0.3 is 0 Å². The van der Waals surface area contributed by atoms with Crippen molar-refractivity contribution < 1.29 is 0 Å². The molecule has 0 fully saturated rings. The molecule has 0 saturated carbocycles. The smallest absolute Gasteiger partial charge is 0.0205 e. The van der Waals surface area contributed by atoms with Crippen molar-refractivity contribution in [1.29, 1.82) is 0 Å². The maximum absolute atomic E-state index is 5.49. The van der Waals surface area contributed by atoms with Crippen molar-refractivity contribution in [1.82, 2.24) is 5.32 Å². The molecule has 1 atom stereocenters. The summed E-state index contributed by atoms with van der Waals surface area (Å²) in [4.78, 5) is 1.36. The Labute approximate surface area is 144 Å². The van der Waals surface area contributed by atoms with Gasteiger partial charge in [0.05, 0.1) is 0 Å². The number of aryl methyl sites for hydroxylation is 1. The van der Waals surface area contributed by atoms with Crippen molar-refractivity contribution in [2.45, 2.75) is 42.9 Å². The van der Waals surface area contributed by atoms with Crippen LogP contribution in [0.25, 0.3) is 0 Å². The molecule has 0 radical (unpaired) electrons. The summed E-state index contributed by atoms with van der Waals surface area (Å²) < 4.78 is 0. The third-order valence-corrected chi connectivity index (χ3v) is 5.01. The number of hydrogen-bond donors (Lipinski definition) is 2. The first-order valence-corrected chi connectivity index (χ1v) is 9.36. The van der Waals surface area contributed by atoms with Gasteiger partial charge in [-0.1, -0.05) is 49.4 Å². The Balaban J connectivity index is 1.72. The van der Waals surface area contributed by atoms with Crippen LogP contribution in [0.15, 0.2) is 59.5 Å². The van der Waals surface area contributed by atoms with Gasteiger partial charge in [-0.15, -0.1) is 11.8 Å². The summed E-state index contributed by atoms with van der Waals surface area (Å²) in [6, 6.07) is 19.7. The zero-order valence-electron chi connectivity index (χ0n) is 14.0. The molecule has 23 heavy (non-hydrogen) atoms. The molecule has 124 valence electrons. The van der Waals surface area contributed by atoms with Crippen LogP contribution in [0.5, 0.6) is 0 Å². The molecule has 0 amide bonds. The van der Waals surface area contributed by atoms with E-state index in [0.29, 0.717) is 5.25 Å². The molecule has 2 aromatic carbocycles. The van der Waals surface area contributed by atoms with E-state index in [1.807, 2.05) is 11.8 Å². The Hall–Kier alpha value is -1.29. The normalized spacial score (nSPS) is 12.3. The van der Waals surface area contributed by atoms with E-state index in [9.17, 15) is 0 Å². The molecular weight excluding hydrogens is 300 g/mol. The highest BCUT2D eigenvalue weighted by Gasteiger charge is 2.05. The molecule has 2 nitrogen and oxygen atoms in total. The van der Waals surface area contributed by atoms with Crippen molar-refractivity contribution >= 4 is 11.8 Å². The van der Waals surface area contributed by atoms with Crippen LogP contribution >= 0.6 is 11.8 Å². The van der Waals surface area contributed by atoms with Crippen molar-refractivity contribution in [3.8, 4) is 0 Å². The van der Waals surface area contributed by atoms with Gasteiger partial charge in [-0.25, -0.2) is 0 Å². The number of nitrogens with two attached hydrogens (primary N) is 1. The molecule has 1 unspecified atom stereocenters. The largest absolute Gasteiger partial charge is 0.330 e. The van der Waals surface area contributed by atoms with Gasteiger partial charge in [-0.3, -0.25) is 0 Å². The summed E-state index contributed by atoms with van der Waals surface area (Å²) in [5.74, 6) is 0. The third-order valence-electron chi connectivity index (χ3n) is 3.83. The van der Waals surface area contributed by atoms with Crippen molar-refractivity contribution in [2.75, 3.05) is 13.1 Å². The molecular formula is C20H28N2S. The van der Waals surface area contributed by atoms with Gasteiger partial charge < -0.3 is 11.1 Å². The molecule has 0 aromatic heterocycles. The molecule has 0 bridgehead atoms. The monoisotopic (exact) mass is 328 g/mol. The van der Waals surface area contributed by atoms with Gasteiger partial charge in [0.25, 0.3) is 0 Å².